The molecule has 0 saturated carbocycles. The molecule has 0 radical (unpaired) electrons. The van der Waals surface area contributed by atoms with Gasteiger partial charge in [-0.3, -0.25) is 0 Å². The van der Waals surface area contributed by atoms with Gasteiger partial charge in [0.1, 0.15) is 5.82 Å². The average molecular weight is 277 g/mol. The molecule has 1 saturated heterocycles. The van der Waals surface area contributed by atoms with Gasteiger partial charge in [0.05, 0.1) is 11.7 Å². The van der Waals surface area contributed by atoms with E-state index in [1.54, 1.807) is 0 Å². The summed E-state index contributed by atoms with van der Waals surface area (Å²) in [7, 11) is 0. The van der Waals surface area contributed by atoms with Crippen molar-refractivity contribution in [2.24, 2.45) is 0 Å². The second-order valence-corrected chi connectivity index (χ2v) is 4.74. The molecule has 0 spiro atoms. The van der Waals surface area contributed by atoms with Crippen molar-refractivity contribution in [3.8, 4) is 0 Å². The van der Waals surface area contributed by atoms with Crippen molar-refractivity contribution < 1.29 is 22.7 Å². The van der Waals surface area contributed by atoms with Gasteiger partial charge in [0, 0.05) is 6.04 Å². The maximum atomic E-state index is 13.2. The van der Waals surface area contributed by atoms with Crippen LogP contribution in [0.15, 0.2) is 18.2 Å². The summed E-state index contributed by atoms with van der Waals surface area (Å²) in [6.07, 6.45) is -3.20. The fourth-order valence-corrected chi connectivity index (χ4v) is 2.32. The van der Waals surface area contributed by atoms with E-state index in [9.17, 15) is 22.7 Å². The molecule has 19 heavy (non-hydrogen) atoms. The minimum absolute atomic E-state index is 0.0909. The van der Waals surface area contributed by atoms with E-state index in [2.05, 4.69) is 5.32 Å². The van der Waals surface area contributed by atoms with Gasteiger partial charge < -0.3 is 10.4 Å². The number of halogens is 4. The largest absolute Gasteiger partial charge is 0.419 e. The van der Waals surface area contributed by atoms with Gasteiger partial charge in [0.2, 0.25) is 0 Å². The van der Waals surface area contributed by atoms with Crippen LogP contribution in [0.25, 0.3) is 0 Å². The predicted octanol–water partition coefficient (Wildman–Crippen LogP) is 3.02. The van der Waals surface area contributed by atoms with Crippen molar-refractivity contribution >= 4 is 0 Å². The molecule has 2 rings (SSSR count). The zero-order valence-corrected chi connectivity index (χ0v) is 10.2. The molecule has 0 aromatic heterocycles. The minimum Gasteiger partial charge on any atom is -0.387 e. The quantitative estimate of drug-likeness (QED) is 0.814. The van der Waals surface area contributed by atoms with Gasteiger partial charge in [-0.25, -0.2) is 4.39 Å². The number of piperidine rings is 1. The molecule has 1 aliphatic heterocycles. The van der Waals surface area contributed by atoms with Crippen LogP contribution < -0.4 is 5.32 Å². The lowest BCUT2D eigenvalue weighted by atomic mass is 9.94. The highest BCUT2D eigenvalue weighted by Crippen LogP contribution is 2.34. The van der Waals surface area contributed by atoms with Crippen molar-refractivity contribution in [3.63, 3.8) is 0 Å². The smallest absolute Gasteiger partial charge is 0.387 e. The highest BCUT2D eigenvalue weighted by atomic mass is 19.4. The molecule has 6 heteroatoms. The molecule has 0 aliphatic carbocycles. The molecule has 106 valence electrons. The molecule has 1 aliphatic rings. The highest BCUT2D eigenvalue weighted by Gasteiger charge is 2.35. The zero-order valence-electron chi connectivity index (χ0n) is 10.2. The third-order valence-electron chi connectivity index (χ3n) is 3.37. The van der Waals surface area contributed by atoms with E-state index in [0.29, 0.717) is 12.5 Å². The minimum atomic E-state index is -4.75. The van der Waals surface area contributed by atoms with Crippen molar-refractivity contribution in [2.45, 2.75) is 37.6 Å². The molecule has 1 aromatic rings. The van der Waals surface area contributed by atoms with Crippen LogP contribution >= 0.6 is 0 Å². The van der Waals surface area contributed by atoms with Crippen molar-refractivity contribution in [3.05, 3.63) is 35.1 Å². The van der Waals surface area contributed by atoms with Gasteiger partial charge in [-0.15, -0.1) is 0 Å². The van der Waals surface area contributed by atoms with E-state index in [-0.39, 0.29) is 11.6 Å². The first kappa shape index (κ1) is 14.3. The molecule has 1 aromatic carbocycles. The average Bonchev–Trinajstić information content (AvgIpc) is 2.38. The molecular formula is C13H15F4NO. The lowest BCUT2D eigenvalue weighted by Gasteiger charge is -2.28. The highest BCUT2D eigenvalue weighted by molar-refractivity contribution is 5.29. The summed E-state index contributed by atoms with van der Waals surface area (Å²) in [6.45, 7) is 0.731. The van der Waals surface area contributed by atoms with Crippen LogP contribution in [0, 0.1) is 5.82 Å². The topological polar surface area (TPSA) is 32.3 Å². The summed E-state index contributed by atoms with van der Waals surface area (Å²) in [5.41, 5.74) is -1.24. The van der Waals surface area contributed by atoms with Crippen LogP contribution in [0.4, 0.5) is 17.6 Å². The number of benzene rings is 1. The van der Waals surface area contributed by atoms with E-state index in [1.165, 1.54) is 6.07 Å². The van der Waals surface area contributed by atoms with Crippen LogP contribution in [-0.2, 0) is 6.18 Å². The molecule has 1 heterocycles. The molecule has 2 N–H and O–H groups in total. The molecule has 1 fully saturated rings. The second-order valence-electron chi connectivity index (χ2n) is 4.74. The molecule has 2 nitrogen and oxygen atoms in total. The Morgan fingerprint density at radius 1 is 1.26 bits per heavy atom. The summed E-state index contributed by atoms with van der Waals surface area (Å²) in [5.74, 6) is -1.32. The number of hydrogen-bond acceptors (Lipinski definition) is 2. The summed E-state index contributed by atoms with van der Waals surface area (Å²) in [4.78, 5) is 0. The van der Waals surface area contributed by atoms with E-state index < -0.39 is 23.7 Å². The molecule has 2 atom stereocenters. The standard InChI is InChI=1S/C13H15F4NO/c14-10-5-4-8(7-9(10)13(15,16)17)12(19)11-3-1-2-6-18-11/h4-5,7,11-12,18-19H,1-3,6H2. The summed E-state index contributed by atoms with van der Waals surface area (Å²) in [5, 5.41) is 13.1. The Labute approximate surface area is 108 Å². The Balaban J connectivity index is 2.24. The van der Waals surface area contributed by atoms with Crippen molar-refractivity contribution in [2.75, 3.05) is 6.54 Å². The fraction of sp³-hybridized carbons (Fsp3) is 0.538. The lowest BCUT2D eigenvalue weighted by molar-refractivity contribution is -0.140. The summed E-state index contributed by atoms with van der Waals surface area (Å²) >= 11 is 0. The molecular weight excluding hydrogens is 262 g/mol. The van der Waals surface area contributed by atoms with Gasteiger partial charge in [-0.2, -0.15) is 13.2 Å². The third kappa shape index (κ3) is 3.25. The van der Waals surface area contributed by atoms with E-state index >= 15 is 0 Å². The fourth-order valence-electron chi connectivity index (χ4n) is 2.32. The van der Waals surface area contributed by atoms with E-state index in [1.807, 2.05) is 0 Å². The van der Waals surface area contributed by atoms with Gasteiger partial charge in [0.15, 0.2) is 0 Å². The van der Waals surface area contributed by atoms with Crippen LogP contribution in [0.5, 0.6) is 0 Å². The van der Waals surface area contributed by atoms with E-state index in [4.69, 9.17) is 0 Å². The Morgan fingerprint density at radius 2 is 2.00 bits per heavy atom. The number of aliphatic hydroxyl groups excluding tert-OH is 1. The summed E-state index contributed by atoms with van der Waals surface area (Å²) in [6, 6.07) is 2.37. The normalized spacial score (nSPS) is 22.3. The number of alkyl halides is 3. The Kier molecular flexibility index (Phi) is 4.10. The van der Waals surface area contributed by atoms with Crippen LogP contribution in [-0.4, -0.2) is 17.7 Å². The molecule has 0 amide bonds. The van der Waals surface area contributed by atoms with Gasteiger partial charge in [-0.1, -0.05) is 12.5 Å². The maximum absolute atomic E-state index is 13.2. The van der Waals surface area contributed by atoms with Crippen LogP contribution in [0.1, 0.15) is 36.5 Å². The van der Waals surface area contributed by atoms with Gasteiger partial charge >= 0.3 is 6.18 Å². The first-order valence-corrected chi connectivity index (χ1v) is 6.17. The maximum Gasteiger partial charge on any atom is 0.419 e. The Bertz CT molecular complexity index is 441. The van der Waals surface area contributed by atoms with Crippen LogP contribution in [0.3, 0.4) is 0 Å². The zero-order chi connectivity index (χ0) is 14.0. The SMILES string of the molecule is OC(c1ccc(F)c(C(F)(F)F)c1)C1CCCCN1. The second kappa shape index (κ2) is 5.46. The van der Waals surface area contributed by atoms with Crippen molar-refractivity contribution in [1.82, 2.24) is 5.32 Å². The van der Waals surface area contributed by atoms with E-state index in [0.717, 1.165) is 25.5 Å². The van der Waals surface area contributed by atoms with Crippen molar-refractivity contribution in [1.29, 1.82) is 0 Å². The number of rotatable bonds is 2. The summed E-state index contributed by atoms with van der Waals surface area (Å²) < 4.78 is 50.9. The van der Waals surface area contributed by atoms with Gasteiger partial charge in [-0.05, 0) is 37.1 Å². The molecule has 0 bridgehead atoms. The number of hydrogen-bond donors (Lipinski definition) is 2. The lowest BCUT2D eigenvalue weighted by Crippen LogP contribution is -2.38. The number of aliphatic hydroxyl groups is 1. The first-order chi connectivity index (χ1) is 8.89. The monoisotopic (exact) mass is 277 g/mol. The van der Waals surface area contributed by atoms with Crippen LogP contribution in [0.2, 0.25) is 0 Å². The number of nitrogens with one attached hydrogen (secondary N) is 1. The Hall–Kier alpha value is -1.14. The predicted molar refractivity (Wildman–Crippen MR) is 62.0 cm³/mol. The Morgan fingerprint density at radius 3 is 2.58 bits per heavy atom. The first-order valence-electron chi connectivity index (χ1n) is 6.17. The van der Waals surface area contributed by atoms with Gasteiger partial charge in [0.25, 0.3) is 0 Å². The third-order valence-corrected chi connectivity index (χ3v) is 3.37. The molecule has 2 unspecified atom stereocenters.